The summed E-state index contributed by atoms with van der Waals surface area (Å²) in [6, 6.07) is 5.93. The Labute approximate surface area is 185 Å². The van der Waals surface area contributed by atoms with Gasteiger partial charge in [0.1, 0.15) is 0 Å². The van der Waals surface area contributed by atoms with E-state index in [9.17, 15) is 4.79 Å². The molecule has 0 radical (unpaired) electrons. The summed E-state index contributed by atoms with van der Waals surface area (Å²) in [5.74, 6) is 0.438. The van der Waals surface area contributed by atoms with Crippen molar-refractivity contribution >= 4 is 63.6 Å². The summed E-state index contributed by atoms with van der Waals surface area (Å²) in [4.78, 5) is 17.8. The van der Waals surface area contributed by atoms with E-state index in [2.05, 4.69) is 26.2 Å². The standard InChI is InChI=1S/C17H24BrClN4O2.HI/c1-2-25-17(24)23-9-6-14(7-10-23)22-16(20)21-8-5-12-11-13(19)3-4-15(12)18;/h3-4,11,14H,2,5-10H2,1H3,(H3,20,21,22);1H. The predicted molar refractivity (Wildman–Crippen MR) is 120 cm³/mol. The van der Waals surface area contributed by atoms with Gasteiger partial charge in [-0.3, -0.25) is 4.99 Å². The van der Waals surface area contributed by atoms with Crippen LogP contribution in [0.3, 0.4) is 0 Å². The molecule has 6 nitrogen and oxygen atoms in total. The molecule has 1 heterocycles. The molecule has 1 amide bonds. The second-order valence-corrected chi connectivity index (χ2v) is 7.15. The first-order valence-electron chi connectivity index (χ1n) is 8.41. The van der Waals surface area contributed by atoms with Crippen LogP contribution in [0.15, 0.2) is 27.7 Å². The van der Waals surface area contributed by atoms with E-state index in [0.717, 1.165) is 29.3 Å². The Bertz CT molecular complexity index is 625. The number of carbonyl (C=O) groups is 1. The number of guanidine groups is 1. The van der Waals surface area contributed by atoms with E-state index in [1.54, 1.807) is 4.90 Å². The highest BCUT2D eigenvalue weighted by Gasteiger charge is 2.23. The number of piperidine rings is 1. The van der Waals surface area contributed by atoms with Crippen molar-refractivity contribution in [3.63, 3.8) is 0 Å². The lowest BCUT2D eigenvalue weighted by Gasteiger charge is -2.31. The second-order valence-electron chi connectivity index (χ2n) is 5.86. The van der Waals surface area contributed by atoms with E-state index < -0.39 is 0 Å². The molecule has 0 unspecified atom stereocenters. The number of rotatable bonds is 5. The third-order valence-corrected chi connectivity index (χ3v) is 5.05. The Kier molecular flexibility index (Phi) is 10.6. The highest BCUT2D eigenvalue weighted by Crippen LogP contribution is 2.21. The van der Waals surface area contributed by atoms with E-state index in [0.29, 0.717) is 37.2 Å². The number of likely N-dealkylation sites (tertiary alicyclic amines) is 1. The van der Waals surface area contributed by atoms with Crippen LogP contribution < -0.4 is 11.1 Å². The number of halogens is 3. The molecule has 0 spiro atoms. The Balaban J connectivity index is 0.00000338. The number of carbonyl (C=O) groups excluding carboxylic acids is 1. The number of nitrogens with one attached hydrogen (secondary N) is 1. The first-order valence-corrected chi connectivity index (χ1v) is 9.58. The van der Waals surface area contributed by atoms with E-state index in [1.807, 2.05) is 25.1 Å². The van der Waals surface area contributed by atoms with Gasteiger partial charge in [0, 0.05) is 35.2 Å². The molecule has 0 saturated carbocycles. The lowest BCUT2D eigenvalue weighted by molar-refractivity contribution is 0.0963. The van der Waals surface area contributed by atoms with Gasteiger partial charge in [-0.2, -0.15) is 0 Å². The van der Waals surface area contributed by atoms with E-state index in [-0.39, 0.29) is 36.1 Å². The summed E-state index contributed by atoms with van der Waals surface area (Å²) in [5.41, 5.74) is 7.08. The van der Waals surface area contributed by atoms with Crippen molar-refractivity contribution < 1.29 is 9.53 Å². The average molecular weight is 560 g/mol. The number of hydrogen-bond donors (Lipinski definition) is 2. The number of benzene rings is 1. The van der Waals surface area contributed by atoms with Gasteiger partial charge in [-0.15, -0.1) is 24.0 Å². The number of hydrogen-bond acceptors (Lipinski definition) is 3. The fourth-order valence-corrected chi connectivity index (χ4v) is 3.35. The van der Waals surface area contributed by atoms with Crippen LogP contribution in [-0.2, 0) is 11.2 Å². The van der Waals surface area contributed by atoms with Crippen LogP contribution in [0.5, 0.6) is 0 Å². The maximum absolute atomic E-state index is 11.7. The monoisotopic (exact) mass is 558 g/mol. The highest BCUT2D eigenvalue weighted by molar-refractivity contribution is 14.0. The number of ether oxygens (including phenoxy) is 1. The lowest BCUT2D eigenvalue weighted by Crippen LogP contribution is -2.48. The van der Waals surface area contributed by atoms with Crippen LogP contribution in [0, 0.1) is 0 Å². The molecule has 0 aliphatic carbocycles. The third-order valence-electron chi connectivity index (χ3n) is 4.04. The minimum Gasteiger partial charge on any atom is -0.450 e. The zero-order chi connectivity index (χ0) is 18.2. The molecule has 1 aliphatic rings. The Hall–Kier alpha value is -0.740. The van der Waals surface area contributed by atoms with Gasteiger partial charge in [0.15, 0.2) is 5.96 Å². The van der Waals surface area contributed by atoms with Gasteiger partial charge in [0.2, 0.25) is 0 Å². The number of amides is 1. The number of aliphatic imine (C=N–C) groups is 1. The van der Waals surface area contributed by atoms with Crippen LogP contribution in [0.1, 0.15) is 25.3 Å². The molecule has 1 aromatic carbocycles. The van der Waals surface area contributed by atoms with Crippen LogP contribution in [0.2, 0.25) is 5.02 Å². The first kappa shape index (κ1) is 23.3. The molecule has 3 N–H and O–H groups in total. The molecule has 2 rings (SSSR count). The number of nitrogens with two attached hydrogens (primary N) is 1. The molecule has 0 bridgehead atoms. The van der Waals surface area contributed by atoms with Crippen molar-refractivity contribution in [2.75, 3.05) is 26.2 Å². The topological polar surface area (TPSA) is 80.0 Å². The van der Waals surface area contributed by atoms with E-state index in [1.165, 1.54) is 0 Å². The molecular weight excluding hydrogens is 534 g/mol. The first-order chi connectivity index (χ1) is 12.0. The Morgan fingerprint density at radius 1 is 1.46 bits per heavy atom. The van der Waals surface area contributed by atoms with Crippen molar-refractivity contribution in [2.45, 2.75) is 32.2 Å². The highest BCUT2D eigenvalue weighted by atomic mass is 127. The average Bonchev–Trinajstić information content (AvgIpc) is 2.59. The molecule has 26 heavy (non-hydrogen) atoms. The van der Waals surface area contributed by atoms with Gasteiger partial charge in [0.25, 0.3) is 0 Å². The van der Waals surface area contributed by atoms with Crippen LogP contribution in [0.25, 0.3) is 0 Å². The minimum absolute atomic E-state index is 0. The quantitative estimate of drug-likeness (QED) is 0.327. The van der Waals surface area contributed by atoms with Crippen molar-refractivity contribution in [3.8, 4) is 0 Å². The van der Waals surface area contributed by atoms with Gasteiger partial charge in [0.05, 0.1) is 6.61 Å². The summed E-state index contributed by atoms with van der Waals surface area (Å²) in [5, 5.41) is 3.94. The largest absolute Gasteiger partial charge is 0.450 e. The normalized spacial score (nSPS) is 15.3. The molecule has 1 aromatic rings. The molecular formula is C17H25BrClIN4O2. The fourth-order valence-electron chi connectivity index (χ4n) is 2.71. The molecule has 0 aromatic heterocycles. The molecule has 1 fully saturated rings. The van der Waals surface area contributed by atoms with Crippen LogP contribution in [0.4, 0.5) is 4.79 Å². The molecule has 146 valence electrons. The smallest absolute Gasteiger partial charge is 0.409 e. The van der Waals surface area contributed by atoms with Crippen molar-refractivity contribution in [1.29, 1.82) is 0 Å². The summed E-state index contributed by atoms with van der Waals surface area (Å²) >= 11 is 9.52. The van der Waals surface area contributed by atoms with Gasteiger partial charge in [-0.1, -0.05) is 27.5 Å². The SMILES string of the molecule is CCOC(=O)N1CCC(NC(N)=NCCc2cc(Cl)ccc2Br)CC1.I. The van der Waals surface area contributed by atoms with Crippen molar-refractivity contribution in [2.24, 2.45) is 10.7 Å². The maximum Gasteiger partial charge on any atom is 0.409 e. The summed E-state index contributed by atoms with van der Waals surface area (Å²) in [6.45, 7) is 4.13. The summed E-state index contributed by atoms with van der Waals surface area (Å²) in [6.07, 6.45) is 2.17. The predicted octanol–water partition coefficient (Wildman–Crippen LogP) is 3.79. The molecule has 0 atom stereocenters. The van der Waals surface area contributed by atoms with Gasteiger partial charge < -0.3 is 20.7 Å². The van der Waals surface area contributed by atoms with Crippen LogP contribution in [-0.4, -0.2) is 49.2 Å². The molecule has 1 aliphatic heterocycles. The lowest BCUT2D eigenvalue weighted by atomic mass is 10.1. The summed E-state index contributed by atoms with van der Waals surface area (Å²) < 4.78 is 6.03. The van der Waals surface area contributed by atoms with E-state index in [4.69, 9.17) is 22.1 Å². The fraction of sp³-hybridized carbons (Fsp3) is 0.529. The maximum atomic E-state index is 11.7. The zero-order valence-electron chi connectivity index (χ0n) is 14.7. The Morgan fingerprint density at radius 3 is 2.81 bits per heavy atom. The second kappa shape index (κ2) is 11.9. The van der Waals surface area contributed by atoms with Crippen molar-refractivity contribution in [1.82, 2.24) is 10.2 Å². The molecule has 1 saturated heterocycles. The van der Waals surface area contributed by atoms with E-state index >= 15 is 0 Å². The van der Waals surface area contributed by atoms with Gasteiger partial charge in [-0.25, -0.2) is 4.79 Å². The van der Waals surface area contributed by atoms with Gasteiger partial charge in [-0.05, 0) is 49.9 Å². The summed E-state index contributed by atoms with van der Waals surface area (Å²) in [7, 11) is 0. The van der Waals surface area contributed by atoms with Crippen molar-refractivity contribution in [3.05, 3.63) is 33.3 Å². The minimum atomic E-state index is -0.241. The number of nitrogens with zero attached hydrogens (tertiary/aromatic N) is 2. The van der Waals surface area contributed by atoms with Crippen LogP contribution >= 0.6 is 51.5 Å². The van der Waals surface area contributed by atoms with Gasteiger partial charge >= 0.3 is 6.09 Å². The Morgan fingerprint density at radius 2 is 2.15 bits per heavy atom. The molecule has 9 heteroatoms. The zero-order valence-corrected chi connectivity index (χ0v) is 19.4. The third kappa shape index (κ3) is 7.48.